The molecule has 0 N–H and O–H groups in total. The van der Waals surface area contributed by atoms with Crippen LogP contribution in [0.1, 0.15) is 0 Å². The molecule has 0 unspecified atom stereocenters. The van der Waals surface area contributed by atoms with Crippen molar-refractivity contribution in [2.24, 2.45) is 0 Å². The first-order valence-corrected chi connectivity index (χ1v) is 22.7. The van der Waals surface area contributed by atoms with Crippen molar-refractivity contribution in [3.8, 4) is 39.1 Å². The summed E-state index contributed by atoms with van der Waals surface area (Å²) < 4.78 is 17.8. The van der Waals surface area contributed by atoms with E-state index < -0.39 is 0 Å². The molecule has 0 aliphatic carbocycles. The summed E-state index contributed by atoms with van der Waals surface area (Å²) in [5, 5.41) is 5.86. The molecule has 4 aromatic heterocycles. The van der Waals surface area contributed by atoms with E-state index >= 15 is 0 Å². The number of fused-ring (bicyclic) bond motifs is 11. The van der Waals surface area contributed by atoms with Gasteiger partial charge in [-0.1, -0.05) is 133 Å². The zero-order valence-electron chi connectivity index (χ0n) is 36.2. The molecule has 0 aliphatic rings. The van der Waals surface area contributed by atoms with Gasteiger partial charge >= 0.3 is 0 Å². The van der Waals surface area contributed by atoms with Crippen molar-refractivity contribution in [2.45, 2.75) is 0 Å². The summed E-state index contributed by atoms with van der Waals surface area (Å²) in [5.41, 5.74) is 19.0. The molecule has 5 nitrogen and oxygen atoms in total. The molecule has 14 aromatic rings. The molecule has 5 heteroatoms. The van der Waals surface area contributed by atoms with Gasteiger partial charge in [0.2, 0.25) is 5.71 Å². The normalized spacial score (nSPS) is 11.9. The minimum absolute atomic E-state index is 0.819. The Labute approximate surface area is 385 Å². The largest absolute Gasteiger partial charge is 0.456 e. The standard InChI is InChI=1S/C62H39N3O2/c1-3-13-45(14-4-1)63(47-30-23-40(24-31-47)42-28-35-56-53(37-42)49-17-7-10-20-54(49)64(56)46-15-5-2-6-16-46)48-32-25-41(26-33-48)43-29-36-57-60(38-43)67-62-61(52-19-8-11-21-55(52)65(57)62)44-27-34-51-50-18-9-12-22-58(50)66-59(51)39-44/h1-39H. The highest BCUT2D eigenvalue weighted by molar-refractivity contribution is 6.12. The van der Waals surface area contributed by atoms with Crippen LogP contribution in [0.4, 0.5) is 17.1 Å². The summed E-state index contributed by atoms with van der Waals surface area (Å²) in [4.78, 5) is 2.32. The molecule has 0 bridgehead atoms. The zero-order chi connectivity index (χ0) is 44.0. The van der Waals surface area contributed by atoms with E-state index in [0.717, 1.165) is 94.7 Å². The van der Waals surface area contributed by atoms with Gasteiger partial charge in [-0.2, -0.15) is 0 Å². The first-order chi connectivity index (χ1) is 33.2. The molecule has 0 aliphatic heterocycles. The summed E-state index contributed by atoms with van der Waals surface area (Å²) in [6, 6.07) is 84.3. The summed E-state index contributed by atoms with van der Waals surface area (Å²) in [6.45, 7) is 0. The number of furan rings is 1. The van der Waals surface area contributed by atoms with Gasteiger partial charge in [-0.25, -0.2) is 0 Å². The van der Waals surface area contributed by atoms with E-state index in [4.69, 9.17) is 8.83 Å². The Balaban J connectivity index is 0.807. The molecule has 67 heavy (non-hydrogen) atoms. The van der Waals surface area contributed by atoms with E-state index in [1.807, 2.05) is 12.1 Å². The summed E-state index contributed by atoms with van der Waals surface area (Å²) in [7, 11) is 0. The maximum atomic E-state index is 6.86. The van der Waals surface area contributed by atoms with Crippen molar-refractivity contribution in [1.82, 2.24) is 8.97 Å². The predicted molar refractivity (Wildman–Crippen MR) is 277 cm³/mol. The number of para-hydroxylation sites is 5. The van der Waals surface area contributed by atoms with E-state index in [0.29, 0.717) is 0 Å². The molecule has 314 valence electrons. The topological polar surface area (TPSA) is 38.9 Å². The third kappa shape index (κ3) is 5.88. The Bertz CT molecular complexity index is 4190. The summed E-state index contributed by atoms with van der Waals surface area (Å²) in [5.74, 6) is 0. The Morgan fingerprint density at radius 2 is 0.821 bits per heavy atom. The maximum absolute atomic E-state index is 6.86. The Kier molecular flexibility index (Phi) is 8.21. The van der Waals surface area contributed by atoms with Crippen molar-refractivity contribution in [3.05, 3.63) is 237 Å². The monoisotopic (exact) mass is 857 g/mol. The fourth-order valence-electron chi connectivity index (χ4n) is 10.4. The first-order valence-electron chi connectivity index (χ1n) is 22.7. The SMILES string of the molecule is c1ccc(N(c2ccc(-c3ccc4c(c3)oc3c(-c5ccc6c(c5)oc5ccccc56)c5ccccc5n34)cc2)c2ccc(-c3ccc4c(c3)c3ccccc3n4-c3ccccc3)cc2)cc1. The number of hydrogen-bond acceptors (Lipinski definition) is 3. The lowest BCUT2D eigenvalue weighted by molar-refractivity contribution is 0.658. The smallest absolute Gasteiger partial charge is 0.213 e. The van der Waals surface area contributed by atoms with Crippen LogP contribution in [0.25, 0.3) is 111 Å². The Morgan fingerprint density at radius 3 is 1.57 bits per heavy atom. The number of oxazole rings is 1. The highest BCUT2D eigenvalue weighted by atomic mass is 16.3. The molecule has 0 fully saturated rings. The van der Waals surface area contributed by atoms with E-state index in [1.165, 1.54) is 32.9 Å². The minimum Gasteiger partial charge on any atom is -0.456 e. The number of aromatic nitrogens is 2. The van der Waals surface area contributed by atoms with Crippen LogP contribution in [0.5, 0.6) is 0 Å². The third-order valence-corrected chi connectivity index (χ3v) is 13.5. The Morgan fingerprint density at radius 1 is 0.299 bits per heavy atom. The van der Waals surface area contributed by atoms with Crippen molar-refractivity contribution >= 4 is 88.5 Å². The highest BCUT2D eigenvalue weighted by Gasteiger charge is 2.22. The second-order valence-electron chi connectivity index (χ2n) is 17.3. The van der Waals surface area contributed by atoms with Crippen LogP contribution in [-0.2, 0) is 0 Å². The van der Waals surface area contributed by atoms with Gasteiger partial charge in [-0.3, -0.25) is 4.40 Å². The van der Waals surface area contributed by atoms with Gasteiger partial charge in [0, 0.05) is 49.7 Å². The van der Waals surface area contributed by atoms with Crippen molar-refractivity contribution < 1.29 is 8.83 Å². The van der Waals surface area contributed by atoms with Gasteiger partial charge in [0.05, 0.1) is 27.6 Å². The minimum atomic E-state index is 0.819. The van der Waals surface area contributed by atoms with Gasteiger partial charge in [0.1, 0.15) is 11.2 Å². The van der Waals surface area contributed by atoms with E-state index in [-0.39, 0.29) is 0 Å². The van der Waals surface area contributed by atoms with E-state index in [1.54, 1.807) is 0 Å². The molecule has 0 saturated carbocycles. The van der Waals surface area contributed by atoms with Crippen LogP contribution in [0.15, 0.2) is 245 Å². The lowest BCUT2D eigenvalue weighted by Crippen LogP contribution is -2.09. The summed E-state index contributed by atoms with van der Waals surface area (Å²) in [6.07, 6.45) is 0. The highest BCUT2D eigenvalue weighted by Crippen LogP contribution is 2.43. The second kappa shape index (κ2) is 14.7. The number of benzene rings is 10. The number of anilines is 3. The van der Waals surface area contributed by atoms with Crippen molar-refractivity contribution in [3.63, 3.8) is 0 Å². The molecule has 0 atom stereocenters. The van der Waals surface area contributed by atoms with Gasteiger partial charge in [0.25, 0.3) is 0 Å². The molecule has 0 radical (unpaired) electrons. The van der Waals surface area contributed by atoms with Crippen LogP contribution >= 0.6 is 0 Å². The van der Waals surface area contributed by atoms with Gasteiger partial charge in [0.15, 0.2) is 5.58 Å². The Hall–Kier alpha value is -9.06. The number of hydrogen-bond donors (Lipinski definition) is 0. The average molecular weight is 858 g/mol. The predicted octanol–water partition coefficient (Wildman–Crippen LogP) is 17.3. The van der Waals surface area contributed by atoms with Crippen molar-refractivity contribution in [1.29, 1.82) is 0 Å². The van der Waals surface area contributed by atoms with Crippen LogP contribution < -0.4 is 4.90 Å². The third-order valence-electron chi connectivity index (χ3n) is 13.5. The molecule has 10 aromatic carbocycles. The summed E-state index contributed by atoms with van der Waals surface area (Å²) >= 11 is 0. The average Bonchev–Trinajstić information content (AvgIpc) is 4.14. The first kappa shape index (κ1) is 37.3. The van der Waals surface area contributed by atoms with Crippen LogP contribution in [0, 0.1) is 0 Å². The lowest BCUT2D eigenvalue weighted by atomic mass is 10.0. The fourth-order valence-corrected chi connectivity index (χ4v) is 10.4. The van der Waals surface area contributed by atoms with Crippen LogP contribution in [-0.4, -0.2) is 8.97 Å². The number of rotatable bonds is 7. The number of nitrogens with zero attached hydrogens (tertiary/aromatic N) is 3. The van der Waals surface area contributed by atoms with Crippen molar-refractivity contribution in [2.75, 3.05) is 4.90 Å². The molecule has 14 rings (SSSR count). The van der Waals surface area contributed by atoms with Gasteiger partial charge in [-0.15, -0.1) is 0 Å². The maximum Gasteiger partial charge on any atom is 0.213 e. The second-order valence-corrected chi connectivity index (χ2v) is 17.3. The molecule has 0 spiro atoms. The van der Waals surface area contributed by atoms with Gasteiger partial charge < -0.3 is 18.3 Å². The van der Waals surface area contributed by atoms with Gasteiger partial charge in [-0.05, 0) is 131 Å². The molecule has 0 amide bonds. The fraction of sp³-hybridized carbons (Fsp3) is 0. The molecular weight excluding hydrogens is 819 g/mol. The lowest BCUT2D eigenvalue weighted by Gasteiger charge is -2.26. The zero-order valence-corrected chi connectivity index (χ0v) is 36.2. The van der Waals surface area contributed by atoms with E-state index in [9.17, 15) is 0 Å². The molecular formula is C62H39N3O2. The van der Waals surface area contributed by atoms with E-state index in [2.05, 4.69) is 238 Å². The quantitative estimate of drug-likeness (QED) is 0.160. The molecule has 4 heterocycles. The molecule has 0 saturated heterocycles. The van der Waals surface area contributed by atoms with Crippen LogP contribution in [0.2, 0.25) is 0 Å². The van der Waals surface area contributed by atoms with Crippen LogP contribution in [0.3, 0.4) is 0 Å².